The van der Waals surface area contributed by atoms with E-state index in [1.54, 1.807) is 28.4 Å². The highest BCUT2D eigenvalue weighted by atomic mass is 79.9. The summed E-state index contributed by atoms with van der Waals surface area (Å²) in [5.74, 6) is 4.07. The van der Waals surface area contributed by atoms with Crippen LogP contribution in [0, 0.1) is 53.4 Å². The SMILES string of the molecule is CO[C@@H]1[C@@H](C)[C@@H](Br)OC[C@H]1OC.CO[C@@H]1[C@@H](C)[C@H](Oc2c3c(c(-c4ccc5c(c4)OCO5)c4cc(C)c(C)cc24)C(=O)OC3)OC[C@H]1OC.CO[C@@H]1[C@@H](O)[C@H](Oc2c3c(c(-c4ccc5c(c4)OCO5)c4cc(C)c(C)cc24)C(=O)OC3)OC[C@H]1OC.Cc1cc2c(O)c3c(c(-c4ccc5c(c4)OCO5)c2cc1C)C(=O)OC3. The first kappa shape index (κ1) is 77.8. The molecule has 112 heavy (non-hydrogen) atoms. The number of phenolic OH excluding ortho intramolecular Hbond substituents is 1. The van der Waals surface area contributed by atoms with Crippen LogP contribution in [0.1, 0.15) is 95.0 Å². The van der Waals surface area contributed by atoms with E-state index in [2.05, 4.69) is 48.8 Å². The van der Waals surface area contributed by atoms with E-state index in [4.69, 9.17) is 94.7 Å². The number of hydrogen-bond donors (Lipinski definition) is 2. The maximum Gasteiger partial charge on any atom is 0.339 e. The number of carbonyl (C=O) groups excluding carboxylic acids is 3. The molecule has 0 aromatic heterocycles. The van der Waals surface area contributed by atoms with E-state index in [-0.39, 0.29) is 93.9 Å². The number of rotatable bonds is 13. The number of benzene rings is 9. The summed E-state index contributed by atoms with van der Waals surface area (Å²) in [7, 11) is 9.75. The molecular formula is C86H89BrO25. The van der Waals surface area contributed by atoms with Crippen molar-refractivity contribution in [2.75, 3.05) is 82.9 Å². The van der Waals surface area contributed by atoms with Crippen molar-refractivity contribution >= 4 is 66.2 Å². The Morgan fingerprint density at radius 1 is 0.366 bits per heavy atom. The Bertz CT molecular complexity index is 4980. The molecule has 0 bridgehead atoms. The summed E-state index contributed by atoms with van der Waals surface area (Å²) in [6.45, 7) is 18.2. The predicted molar refractivity (Wildman–Crippen MR) is 412 cm³/mol. The zero-order valence-electron chi connectivity index (χ0n) is 64.6. The molecule has 3 fully saturated rings. The highest BCUT2D eigenvalue weighted by molar-refractivity contribution is 9.09. The number of aliphatic hydroxyl groups excluding tert-OH is 1. The standard InChI is InChI=1S/C29H30O8.C28H28O9.C21H16O5.C8H15BrO3/c1-14-8-18-19(9-15(14)2)27(37-29-16(3)26(32-5)23(31-4)12-34-29)20-11-33-28(30)25(20)24(18)17-6-7-21-22(10-17)36-13-35-21;1-13-7-16-17(8-14(13)2)25(37-28-24(29)26(32-4)21(31-3)11-34-28)18-10-33-27(30)23(18)22(16)15-5-6-19-20(9-15)36-12-35-19;1-10-5-13-14(6-11(10)2)20(22)15-8-24-21(23)19(15)18(13)12-3-4-16-17(7-12)26-9-25-16;1-5-7(11-3)6(10-2)4-12-8(5)9/h6-10,16,23,26,29H,11-13H2,1-5H3;5-9,21,24,26,28-29H,10-12H2,1-4H3;3-7,22H,8-9H2,1-2H3;5-8H,4H2,1-3H3/t16-,23-,26-,29+;21-,24-,26+,28+;;5-,6-,7-,8+/m11.1/s1. The Hall–Kier alpha value is -9.55. The fourth-order valence-corrected chi connectivity index (χ4v) is 16.5. The molecule has 2 N–H and O–H groups in total. The monoisotopic (exact) mass is 1600 g/mol. The third-order valence-corrected chi connectivity index (χ3v) is 23.7. The van der Waals surface area contributed by atoms with Gasteiger partial charge in [0.15, 0.2) is 34.5 Å². The van der Waals surface area contributed by atoms with Gasteiger partial charge in [-0.25, -0.2) is 14.4 Å². The smallest absolute Gasteiger partial charge is 0.339 e. The fourth-order valence-electron chi connectivity index (χ4n) is 16.1. The van der Waals surface area contributed by atoms with Gasteiger partial charge in [-0.3, -0.25) is 0 Å². The van der Waals surface area contributed by atoms with Crippen molar-refractivity contribution in [1.82, 2.24) is 0 Å². The van der Waals surface area contributed by atoms with Gasteiger partial charge in [0.05, 0.1) is 48.7 Å². The van der Waals surface area contributed by atoms with Crippen molar-refractivity contribution in [2.45, 2.75) is 136 Å². The van der Waals surface area contributed by atoms with Crippen LogP contribution in [0.25, 0.3) is 65.7 Å². The van der Waals surface area contributed by atoms with Gasteiger partial charge in [-0.15, -0.1) is 0 Å². The third kappa shape index (κ3) is 14.1. The van der Waals surface area contributed by atoms with E-state index >= 15 is 0 Å². The second-order valence-corrected chi connectivity index (χ2v) is 29.9. The van der Waals surface area contributed by atoms with Gasteiger partial charge in [0.25, 0.3) is 0 Å². The molecule has 18 rings (SSSR count). The topological polar surface area (TPSA) is 276 Å². The van der Waals surface area contributed by atoms with Crippen LogP contribution in [-0.4, -0.2) is 171 Å². The maximum atomic E-state index is 13.2. The van der Waals surface area contributed by atoms with Gasteiger partial charge >= 0.3 is 17.9 Å². The molecule has 0 aliphatic carbocycles. The van der Waals surface area contributed by atoms with Crippen LogP contribution in [0.2, 0.25) is 0 Å². The Morgan fingerprint density at radius 3 is 1.11 bits per heavy atom. The molecule has 26 heteroatoms. The molecular weight excluding hydrogens is 1510 g/mol. The van der Waals surface area contributed by atoms with Crippen LogP contribution in [-0.2, 0) is 76.7 Å². The number of aliphatic hydroxyl groups is 1. The average molecular weight is 1600 g/mol. The lowest BCUT2D eigenvalue weighted by atomic mass is 9.87. The number of esters is 3. The first-order valence-corrected chi connectivity index (χ1v) is 37.8. The largest absolute Gasteiger partial charge is 0.507 e. The summed E-state index contributed by atoms with van der Waals surface area (Å²) in [6.07, 6.45) is -4.03. The van der Waals surface area contributed by atoms with Gasteiger partial charge in [-0.05, 0) is 162 Å². The van der Waals surface area contributed by atoms with Crippen LogP contribution in [0.15, 0.2) is 91.0 Å². The third-order valence-electron chi connectivity index (χ3n) is 22.6. The van der Waals surface area contributed by atoms with Crippen LogP contribution >= 0.6 is 15.9 Å². The van der Waals surface area contributed by atoms with Crippen LogP contribution in [0.3, 0.4) is 0 Å². The zero-order chi connectivity index (χ0) is 78.8. The lowest BCUT2D eigenvalue weighted by molar-refractivity contribution is -0.252. The highest BCUT2D eigenvalue weighted by Gasteiger charge is 2.46. The minimum Gasteiger partial charge on any atom is -0.507 e. The van der Waals surface area contributed by atoms with Crippen LogP contribution in [0.5, 0.6) is 51.7 Å². The van der Waals surface area contributed by atoms with Gasteiger partial charge in [-0.1, -0.05) is 66.2 Å². The van der Waals surface area contributed by atoms with Gasteiger partial charge in [0.1, 0.15) is 72.6 Å². The Morgan fingerprint density at radius 2 is 0.696 bits per heavy atom. The van der Waals surface area contributed by atoms with E-state index in [1.165, 1.54) is 14.2 Å². The summed E-state index contributed by atoms with van der Waals surface area (Å²) in [6, 6.07) is 29.2. The average Bonchev–Trinajstić information content (AvgIpc) is 1.45. The van der Waals surface area contributed by atoms with E-state index in [9.17, 15) is 24.6 Å². The first-order chi connectivity index (χ1) is 54.1. The first-order valence-electron chi connectivity index (χ1n) is 36.9. The Balaban J connectivity index is 0.000000125. The normalized spacial score (nSPS) is 24.1. The summed E-state index contributed by atoms with van der Waals surface area (Å²) in [5.41, 5.74) is 14.5. The Labute approximate surface area is 655 Å². The van der Waals surface area contributed by atoms with Crippen molar-refractivity contribution in [1.29, 1.82) is 0 Å². The number of cyclic esters (lactones) is 3. The lowest BCUT2D eigenvalue weighted by Crippen LogP contribution is -2.56. The summed E-state index contributed by atoms with van der Waals surface area (Å²) in [4.78, 5) is 38.8. The summed E-state index contributed by atoms with van der Waals surface area (Å²) in [5, 5.41) is 26.8. The molecule has 9 aliphatic rings. The van der Waals surface area contributed by atoms with Gasteiger partial charge in [0.2, 0.25) is 33.0 Å². The molecule has 0 saturated carbocycles. The molecule has 3 saturated heterocycles. The van der Waals surface area contributed by atoms with E-state index in [1.807, 2.05) is 113 Å². The second-order valence-electron chi connectivity index (χ2n) is 29.0. The molecule has 12 atom stereocenters. The minimum absolute atomic E-state index is 0.0428. The van der Waals surface area contributed by atoms with E-state index in [0.29, 0.717) is 98.5 Å². The van der Waals surface area contributed by atoms with Crippen molar-refractivity contribution in [3.63, 3.8) is 0 Å². The van der Waals surface area contributed by atoms with E-state index in [0.717, 1.165) is 99.1 Å². The van der Waals surface area contributed by atoms with Crippen LogP contribution in [0.4, 0.5) is 0 Å². The zero-order valence-corrected chi connectivity index (χ0v) is 66.2. The number of aromatic hydroxyl groups is 1. The lowest BCUT2D eigenvalue weighted by Gasteiger charge is -2.39. The molecule has 9 aliphatic heterocycles. The Kier molecular flexibility index (Phi) is 22.3. The molecule has 0 unspecified atom stereocenters. The molecule has 25 nitrogen and oxygen atoms in total. The number of halogens is 1. The molecule has 0 radical (unpaired) electrons. The highest BCUT2D eigenvalue weighted by Crippen LogP contribution is 2.52. The number of aryl methyl sites for hydroxylation is 6. The number of hydrogen-bond acceptors (Lipinski definition) is 25. The molecule has 590 valence electrons. The van der Waals surface area contributed by atoms with Crippen LogP contribution < -0.4 is 37.9 Å². The molecule has 0 amide bonds. The van der Waals surface area contributed by atoms with E-state index < -0.39 is 42.8 Å². The fraction of sp³-hybridized carbons (Fsp3) is 0.407. The van der Waals surface area contributed by atoms with Crippen molar-refractivity contribution in [2.24, 2.45) is 11.8 Å². The molecule has 9 aromatic rings. The maximum absolute atomic E-state index is 13.2. The molecule has 9 heterocycles. The number of methoxy groups -OCH3 is 6. The summed E-state index contributed by atoms with van der Waals surface area (Å²) >= 11 is 3.43. The number of phenols is 1. The predicted octanol–water partition coefficient (Wildman–Crippen LogP) is 14.2. The van der Waals surface area contributed by atoms with Crippen molar-refractivity contribution in [3.05, 3.63) is 158 Å². The summed E-state index contributed by atoms with van der Waals surface area (Å²) < 4.78 is 113. The van der Waals surface area contributed by atoms with Crippen molar-refractivity contribution < 1.29 is 119 Å². The quantitative estimate of drug-likeness (QED) is 0.0616. The number of alkyl halides is 1. The number of ether oxygens (including phenoxy) is 20. The van der Waals surface area contributed by atoms with Crippen molar-refractivity contribution in [3.8, 4) is 85.1 Å². The number of carbonyl (C=O) groups is 3. The molecule has 0 spiro atoms. The van der Waals surface area contributed by atoms with Gasteiger partial charge in [0, 0.05) is 104 Å². The van der Waals surface area contributed by atoms with Gasteiger partial charge in [-0.2, -0.15) is 0 Å². The molecule has 9 aromatic carbocycles. The second kappa shape index (κ2) is 32.1. The number of fused-ring (bicyclic) bond motifs is 9. The van der Waals surface area contributed by atoms with Gasteiger partial charge < -0.3 is 105 Å². The minimum atomic E-state index is -1.12.